The van der Waals surface area contributed by atoms with Gasteiger partial charge in [-0.15, -0.1) is 11.8 Å². The summed E-state index contributed by atoms with van der Waals surface area (Å²) < 4.78 is 5.31. The number of aromatic nitrogens is 2. The van der Waals surface area contributed by atoms with E-state index in [1.165, 1.54) is 0 Å². The van der Waals surface area contributed by atoms with Gasteiger partial charge in [0.2, 0.25) is 0 Å². The summed E-state index contributed by atoms with van der Waals surface area (Å²) in [4.78, 5) is 21.4. The number of hydrogen-bond acceptors (Lipinski definition) is 5. The molecule has 0 aliphatic carbocycles. The van der Waals surface area contributed by atoms with Crippen molar-refractivity contribution >= 4 is 17.7 Å². The van der Waals surface area contributed by atoms with Gasteiger partial charge < -0.3 is 4.74 Å². The summed E-state index contributed by atoms with van der Waals surface area (Å²) >= 11 is 1.64. The lowest BCUT2D eigenvalue weighted by atomic mass is 9.99. The van der Waals surface area contributed by atoms with Crippen molar-refractivity contribution in [2.24, 2.45) is 5.92 Å². The van der Waals surface area contributed by atoms with E-state index in [9.17, 15) is 4.79 Å². The fraction of sp³-hybridized carbons (Fsp3) is 0.688. The normalized spacial score (nSPS) is 13.0. The molecular formula is C16H26N2O2S. The summed E-state index contributed by atoms with van der Waals surface area (Å²) in [6, 6.07) is 0. The second-order valence-corrected chi connectivity index (χ2v) is 7.19. The maximum atomic E-state index is 11.7. The van der Waals surface area contributed by atoms with E-state index < -0.39 is 5.60 Å². The molecule has 1 aromatic heterocycles. The van der Waals surface area contributed by atoms with Gasteiger partial charge in [-0.25, -0.2) is 9.97 Å². The Morgan fingerprint density at radius 3 is 2.43 bits per heavy atom. The van der Waals surface area contributed by atoms with E-state index in [0.29, 0.717) is 12.3 Å². The minimum atomic E-state index is -0.396. The molecular weight excluding hydrogens is 284 g/mol. The molecule has 0 saturated heterocycles. The van der Waals surface area contributed by atoms with Crippen LogP contribution in [-0.2, 0) is 16.0 Å². The van der Waals surface area contributed by atoms with Crippen molar-refractivity contribution in [1.29, 1.82) is 0 Å². The smallest absolute Gasteiger partial charge is 0.306 e. The number of aryl methyl sites for hydroxylation is 1. The summed E-state index contributed by atoms with van der Waals surface area (Å²) in [6.07, 6.45) is 8.89. The molecule has 0 aliphatic rings. The van der Waals surface area contributed by atoms with Crippen LogP contribution in [0.1, 0.15) is 52.8 Å². The van der Waals surface area contributed by atoms with Crippen LogP contribution in [0.4, 0.5) is 0 Å². The molecule has 1 atom stereocenters. The van der Waals surface area contributed by atoms with Gasteiger partial charge in [-0.3, -0.25) is 4.79 Å². The molecule has 118 valence electrons. The molecule has 1 aromatic rings. The quantitative estimate of drug-likeness (QED) is 0.565. The SMILES string of the molecule is CSc1cnc(CCC(C)CCC(=O)OC(C)(C)C)nc1. The summed E-state index contributed by atoms with van der Waals surface area (Å²) in [5.74, 6) is 1.22. The van der Waals surface area contributed by atoms with Crippen molar-refractivity contribution in [2.75, 3.05) is 6.26 Å². The number of nitrogens with zero attached hydrogens (tertiary/aromatic N) is 2. The number of carbonyl (C=O) groups excluding carboxylic acids is 1. The molecule has 1 heterocycles. The zero-order valence-electron chi connectivity index (χ0n) is 13.7. The number of carbonyl (C=O) groups is 1. The van der Waals surface area contributed by atoms with Gasteiger partial charge in [-0.1, -0.05) is 6.92 Å². The Balaban J connectivity index is 2.27. The molecule has 21 heavy (non-hydrogen) atoms. The van der Waals surface area contributed by atoms with Crippen molar-refractivity contribution in [1.82, 2.24) is 9.97 Å². The maximum absolute atomic E-state index is 11.7. The van der Waals surface area contributed by atoms with Crippen molar-refractivity contribution in [2.45, 2.75) is 63.9 Å². The van der Waals surface area contributed by atoms with Gasteiger partial charge in [0.05, 0.1) is 0 Å². The predicted octanol–water partition coefficient (Wildman–Crippen LogP) is 3.89. The van der Waals surface area contributed by atoms with Gasteiger partial charge in [0.1, 0.15) is 11.4 Å². The lowest BCUT2D eigenvalue weighted by molar-refractivity contribution is -0.155. The van der Waals surface area contributed by atoms with Crippen molar-refractivity contribution < 1.29 is 9.53 Å². The first-order valence-electron chi connectivity index (χ1n) is 7.37. The minimum absolute atomic E-state index is 0.116. The third-order valence-corrected chi connectivity index (χ3v) is 3.72. The Hall–Kier alpha value is -1.10. The maximum Gasteiger partial charge on any atom is 0.306 e. The van der Waals surface area contributed by atoms with Crippen LogP contribution in [0.3, 0.4) is 0 Å². The topological polar surface area (TPSA) is 52.1 Å². The fourth-order valence-corrected chi connectivity index (χ4v) is 2.17. The van der Waals surface area contributed by atoms with Crippen molar-refractivity contribution in [3.63, 3.8) is 0 Å². The molecule has 0 amide bonds. The van der Waals surface area contributed by atoms with Crippen molar-refractivity contribution in [3.8, 4) is 0 Å². The number of esters is 1. The zero-order valence-corrected chi connectivity index (χ0v) is 14.5. The highest BCUT2D eigenvalue weighted by molar-refractivity contribution is 7.98. The van der Waals surface area contributed by atoms with Gasteiger partial charge in [0.25, 0.3) is 0 Å². The van der Waals surface area contributed by atoms with E-state index in [2.05, 4.69) is 16.9 Å². The van der Waals surface area contributed by atoms with Crippen LogP contribution in [0.25, 0.3) is 0 Å². The van der Waals surface area contributed by atoms with Crippen LogP contribution < -0.4 is 0 Å². The van der Waals surface area contributed by atoms with E-state index >= 15 is 0 Å². The molecule has 0 spiro atoms. The second kappa shape index (κ2) is 8.37. The number of ether oxygens (including phenoxy) is 1. The largest absolute Gasteiger partial charge is 0.460 e. The molecule has 5 heteroatoms. The highest BCUT2D eigenvalue weighted by Crippen LogP contribution is 2.16. The lowest BCUT2D eigenvalue weighted by Crippen LogP contribution is -2.24. The van der Waals surface area contributed by atoms with E-state index in [1.807, 2.05) is 39.4 Å². The van der Waals surface area contributed by atoms with Gasteiger partial charge in [0.15, 0.2) is 0 Å². The van der Waals surface area contributed by atoms with Gasteiger partial charge in [0, 0.05) is 30.1 Å². The molecule has 0 saturated carbocycles. The van der Waals surface area contributed by atoms with Crippen LogP contribution >= 0.6 is 11.8 Å². The molecule has 0 aromatic carbocycles. The zero-order chi connectivity index (χ0) is 15.9. The Labute approximate surface area is 132 Å². The average Bonchev–Trinajstić information content (AvgIpc) is 2.41. The molecule has 0 bridgehead atoms. The summed E-state index contributed by atoms with van der Waals surface area (Å²) in [5.41, 5.74) is -0.396. The van der Waals surface area contributed by atoms with Crippen LogP contribution in [0.5, 0.6) is 0 Å². The van der Waals surface area contributed by atoms with Gasteiger partial charge >= 0.3 is 5.97 Å². The van der Waals surface area contributed by atoms with Crippen LogP contribution in [-0.4, -0.2) is 27.8 Å². The van der Waals surface area contributed by atoms with E-state index in [-0.39, 0.29) is 5.97 Å². The third kappa shape index (κ3) is 8.05. The predicted molar refractivity (Wildman–Crippen MR) is 86.4 cm³/mol. The summed E-state index contributed by atoms with van der Waals surface area (Å²) in [5, 5.41) is 0. The van der Waals surface area contributed by atoms with Crippen molar-refractivity contribution in [3.05, 3.63) is 18.2 Å². The first-order chi connectivity index (χ1) is 9.80. The summed E-state index contributed by atoms with van der Waals surface area (Å²) in [7, 11) is 0. The molecule has 0 aliphatic heterocycles. The fourth-order valence-electron chi connectivity index (χ4n) is 1.85. The first-order valence-corrected chi connectivity index (χ1v) is 8.59. The lowest BCUT2D eigenvalue weighted by Gasteiger charge is -2.20. The Morgan fingerprint density at radius 2 is 1.90 bits per heavy atom. The van der Waals surface area contributed by atoms with Crippen LogP contribution in [0.2, 0.25) is 0 Å². The van der Waals surface area contributed by atoms with Gasteiger partial charge in [-0.05, 0) is 45.8 Å². The molecule has 4 nitrogen and oxygen atoms in total. The molecule has 0 fully saturated rings. The van der Waals surface area contributed by atoms with Crippen LogP contribution in [0, 0.1) is 5.92 Å². The van der Waals surface area contributed by atoms with E-state index in [0.717, 1.165) is 30.0 Å². The number of hydrogen-bond donors (Lipinski definition) is 0. The monoisotopic (exact) mass is 310 g/mol. The molecule has 0 N–H and O–H groups in total. The average molecular weight is 310 g/mol. The Kier molecular flexibility index (Phi) is 7.15. The van der Waals surface area contributed by atoms with E-state index in [1.54, 1.807) is 11.8 Å². The number of thioether (sulfide) groups is 1. The Morgan fingerprint density at radius 1 is 1.29 bits per heavy atom. The van der Waals surface area contributed by atoms with Crippen LogP contribution in [0.15, 0.2) is 17.3 Å². The van der Waals surface area contributed by atoms with Gasteiger partial charge in [-0.2, -0.15) is 0 Å². The highest BCUT2D eigenvalue weighted by atomic mass is 32.2. The molecule has 1 unspecified atom stereocenters. The molecule has 1 rings (SSSR count). The first kappa shape index (κ1) is 18.0. The summed E-state index contributed by atoms with van der Waals surface area (Å²) in [6.45, 7) is 7.83. The Bertz CT molecular complexity index is 441. The molecule has 0 radical (unpaired) electrons. The highest BCUT2D eigenvalue weighted by Gasteiger charge is 2.16. The minimum Gasteiger partial charge on any atom is -0.460 e. The second-order valence-electron chi connectivity index (χ2n) is 6.31. The number of rotatable bonds is 7. The standard InChI is InChI=1S/C16H26N2O2S/c1-12(7-9-15(19)20-16(2,3)4)6-8-14-17-10-13(21-5)11-18-14/h10-12H,6-9H2,1-5H3. The third-order valence-electron chi connectivity index (χ3n) is 3.04. The van der Waals surface area contributed by atoms with E-state index in [4.69, 9.17) is 4.74 Å².